The summed E-state index contributed by atoms with van der Waals surface area (Å²) in [5, 5.41) is 14.2. The Balaban J connectivity index is 1.83. The predicted molar refractivity (Wildman–Crippen MR) is 109 cm³/mol. The first kappa shape index (κ1) is 19.5. The quantitative estimate of drug-likeness (QED) is 0.405. The number of hydrogen-bond acceptors (Lipinski definition) is 6. The Labute approximate surface area is 171 Å². The molecule has 0 aliphatic heterocycles. The molecule has 0 spiro atoms. The SMILES string of the molecule is COc1c(Cl)cc(/C=N\n2c(COc3ccccc3)nnc2SC)cc1Cl. The second-order valence-corrected chi connectivity index (χ2v) is 6.87. The summed E-state index contributed by atoms with van der Waals surface area (Å²) in [5.74, 6) is 1.75. The van der Waals surface area contributed by atoms with Gasteiger partial charge in [-0.05, 0) is 36.1 Å². The molecule has 0 amide bonds. The van der Waals surface area contributed by atoms with Crippen LogP contribution in [0.15, 0.2) is 52.7 Å². The van der Waals surface area contributed by atoms with E-state index in [4.69, 9.17) is 32.7 Å². The van der Waals surface area contributed by atoms with Gasteiger partial charge in [0.15, 0.2) is 11.6 Å². The van der Waals surface area contributed by atoms with E-state index < -0.39 is 0 Å². The minimum atomic E-state index is 0.235. The average Bonchev–Trinajstić information content (AvgIpc) is 3.07. The first-order chi connectivity index (χ1) is 13.1. The summed E-state index contributed by atoms with van der Waals surface area (Å²) >= 11 is 13.8. The summed E-state index contributed by atoms with van der Waals surface area (Å²) in [4.78, 5) is 0. The number of halogens is 2. The van der Waals surface area contributed by atoms with Crippen molar-refractivity contribution >= 4 is 41.2 Å². The number of ether oxygens (including phenoxy) is 2. The van der Waals surface area contributed by atoms with Crippen LogP contribution in [0.25, 0.3) is 0 Å². The van der Waals surface area contributed by atoms with E-state index in [-0.39, 0.29) is 6.61 Å². The third-order valence-corrected chi connectivity index (χ3v) is 4.70. The molecule has 0 fully saturated rings. The van der Waals surface area contributed by atoms with E-state index in [1.54, 1.807) is 23.0 Å². The second kappa shape index (κ2) is 9.12. The topological polar surface area (TPSA) is 61.5 Å². The fourth-order valence-electron chi connectivity index (χ4n) is 2.27. The van der Waals surface area contributed by atoms with Crippen LogP contribution in [0.3, 0.4) is 0 Å². The standard InChI is InChI=1S/C18H16Cl2N4O2S/c1-25-17-14(19)8-12(9-15(17)20)10-21-24-16(22-23-18(24)27-2)11-26-13-6-4-3-5-7-13/h3-10H,11H2,1-2H3/b21-10-. The van der Waals surface area contributed by atoms with Crippen LogP contribution < -0.4 is 9.47 Å². The van der Waals surface area contributed by atoms with Crippen LogP contribution in [0.2, 0.25) is 10.0 Å². The van der Waals surface area contributed by atoms with Crippen LogP contribution >= 0.6 is 35.0 Å². The minimum Gasteiger partial charge on any atom is -0.494 e. The summed E-state index contributed by atoms with van der Waals surface area (Å²) in [7, 11) is 1.52. The van der Waals surface area contributed by atoms with Crippen LogP contribution in [0.1, 0.15) is 11.4 Å². The van der Waals surface area contributed by atoms with Gasteiger partial charge in [-0.25, -0.2) is 0 Å². The van der Waals surface area contributed by atoms with Gasteiger partial charge < -0.3 is 9.47 Å². The maximum Gasteiger partial charge on any atom is 0.211 e. The van der Waals surface area contributed by atoms with Gasteiger partial charge in [-0.3, -0.25) is 0 Å². The van der Waals surface area contributed by atoms with Crippen molar-refractivity contribution in [3.05, 3.63) is 63.9 Å². The highest BCUT2D eigenvalue weighted by Gasteiger charge is 2.12. The summed E-state index contributed by atoms with van der Waals surface area (Å²) in [5.41, 5.74) is 0.724. The predicted octanol–water partition coefficient (Wildman–Crippen LogP) is 4.78. The highest BCUT2D eigenvalue weighted by molar-refractivity contribution is 7.98. The van der Waals surface area contributed by atoms with E-state index in [1.807, 2.05) is 36.6 Å². The Hall–Kier alpha value is -2.22. The van der Waals surface area contributed by atoms with Crippen molar-refractivity contribution in [1.82, 2.24) is 14.9 Å². The van der Waals surface area contributed by atoms with Gasteiger partial charge in [0.1, 0.15) is 12.4 Å². The molecule has 6 nitrogen and oxygen atoms in total. The van der Waals surface area contributed by atoms with Gasteiger partial charge >= 0.3 is 0 Å². The largest absolute Gasteiger partial charge is 0.494 e. The van der Waals surface area contributed by atoms with Crippen LogP contribution in [-0.2, 0) is 6.61 Å². The number of aromatic nitrogens is 3. The van der Waals surface area contributed by atoms with E-state index in [2.05, 4.69) is 15.3 Å². The first-order valence-corrected chi connectivity index (χ1v) is 9.84. The van der Waals surface area contributed by atoms with Crippen molar-refractivity contribution in [2.45, 2.75) is 11.8 Å². The van der Waals surface area contributed by atoms with Gasteiger partial charge in [0.2, 0.25) is 5.16 Å². The van der Waals surface area contributed by atoms with Gasteiger partial charge in [0, 0.05) is 0 Å². The van der Waals surface area contributed by atoms with E-state index in [9.17, 15) is 0 Å². The molecular weight excluding hydrogens is 407 g/mol. The van der Waals surface area contributed by atoms with Crippen molar-refractivity contribution in [3.8, 4) is 11.5 Å². The van der Waals surface area contributed by atoms with Crippen LogP contribution in [0.5, 0.6) is 11.5 Å². The average molecular weight is 423 g/mol. The third-order valence-electron chi connectivity index (χ3n) is 3.52. The fraction of sp³-hybridized carbons (Fsp3) is 0.167. The highest BCUT2D eigenvalue weighted by Crippen LogP contribution is 2.33. The lowest BCUT2D eigenvalue weighted by atomic mass is 10.2. The Kier molecular flexibility index (Phi) is 6.60. The summed E-state index contributed by atoms with van der Waals surface area (Å²) < 4.78 is 12.5. The van der Waals surface area contributed by atoms with Crippen LogP contribution in [0.4, 0.5) is 0 Å². The van der Waals surface area contributed by atoms with E-state index in [0.717, 1.165) is 11.3 Å². The van der Waals surface area contributed by atoms with Gasteiger partial charge in [-0.15, -0.1) is 10.2 Å². The van der Waals surface area contributed by atoms with Crippen molar-refractivity contribution in [3.63, 3.8) is 0 Å². The molecule has 0 saturated heterocycles. The lowest BCUT2D eigenvalue weighted by Gasteiger charge is -2.07. The lowest BCUT2D eigenvalue weighted by molar-refractivity contribution is 0.290. The van der Waals surface area contributed by atoms with Crippen molar-refractivity contribution in [1.29, 1.82) is 0 Å². The van der Waals surface area contributed by atoms with Crippen molar-refractivity contribution < 1.29 is 9.47 Å². The fourth-order valence-corrected chi connectivity index (χ4v) is 3.37. The number of nitrogens with zero attached hydrogens (tertiary/aromatic N) is 4. The Morgan fingerprint density at radius 3 is 2.48 bits per heavy atom. The molecule has 0 radical (unpaired) electrons. The lowest BCUT2D eigenvalue weighted by Crippen LogP contribution is -2.05. The maximum absolute atomic E-state index is 6.18. The Bertz CT molecular complexity index is 925. The molecule has 1 heterocycles. The smallest absolute Gasteiger partial charge is 0.211 e. The van der Waals surface area contributed by atoms with Gasteiger partial charge in [-0.1, -0.05) is 53.2 Å². The number of benzene rings is 2. The Morgan fingerprint density at radius 2 is 1.85 bits per heavy atom. The minimum absolute atomic E-state index is 0.235. The van der Waals surface area contributed by atoms with Gasteiger partial charge in [-0.2, -0.15) is 9.78 Å². The number of rotatable bonds is 7. The molecule has 0 aliphatic rings. The van der Waals surface area contributed by atoms with Crippen LogP contribution in [0, 0.1) is 0 Å². The van der Waals surface area contributed by atoms with E-state index >= 15 is 0 Å². The molecule has 140 valence electrons. The number of methoxy groups -OCH3 is 1. The maximum atomic E-state index is 6.18. The van der Waals surface area contributed by atoms with Gasteiger partial charge in [0.05, 0.1) is 23.4 Å². The van der Waals surface area contributed by atoms with Crippen LogP contribution in [-0.4, -0.2) is 34.5 Å². The highest BCUT2D eigenvalue weighted by atomic mass is 35.5. The zero-order chi connectivity index (χ0) is 19.2. The summed E-state index contributed by atoms with van der Waals surface area (Å²) in [6.45, 7) is 0.235. The molecule has 2 aromatic carbocycles. The zero-order valence-electron chi connectivity index (χ0n) is 14.6. The third kappa shape index (κ3) is 4.74. The molecule has 3 aromatic rings. The number of thioether (sulfide) groups is 1. The summed E-state index contributed by atoms with van der Waals surface area (Å²) in [6, 6.07) is 12.9. The van der Waals surface area contributed by atoms with Crippen molar-refractivity contribution in [2.24, 2.45) is 5.10 Å². The molecule has 0 aliphatic carbocycles. The molecule has 0 bridgehead atoms. The van der Waals surface area contributed by atoms with Crippen molar-refractivity contribution in [2.75, 3.05) is 13.4 Å². The first-order valence-electron chi connectivity index (χ1n) is 7.86. The number of hydrogen-bond donors (Lipinski definition) is 0. The van der Waals surface area contributed by atoms with E-state index in [0.29, 0.717) is 26.8 Å². The Morgan fingerprint density at radius 1 is 1.15 bits per heavy atom. The summed E-state index contributed by atoms with van der Waals surface area (Å²) in [6.07, 6.45) is 3.53. The van der Waals surface area contributed by atoms with Gasteiger partial charge in [0.25, 0.3) is 0 Å². The number of para-hydroxylation sites is 1. The second-order valence-electron chi connectivity index (χ2n) is 5.28. The zero-order valence-corrected chi connectivity index (χ0v) is 16.9. The molecule has 0 unspecified atom stereocenters. The molecule has 0 saturated carbocycles. The van der Waals surface area contributed by atoms with E-state index in [1.165, 1.54) is 18.9 Å². The molecule has 3 rings (SSSR count). The molecule has 27 heavy (non-hydrogen) atoms. The normalized spacial score (nSPS) is 11.1. The molecule has 1 aromatic heterocycles. The molecule has 0 N–H and O–H groups in total. The molecular formula is C18H16Cl2N4O2S. The molecule has 0 atom stereocenters. The molecule has 9 heteroatoms. The monoisotopic (exact) mass is 422 g/mol.